The highest BCUT2D eigenvalue weighted by Crippen LogP contribution is 2.46. The van der Waals surface area contributed by atoms with Crippen LogP contribution in [0, 0.1) is 11.3 Å². The summed E-state index contributed by atoms with van der Waals surface area (Å²) >= 11 is 0. The largest absolute Gasteiger partial charge is 0.381 e. The molecule has 3 rings (SSSR count). The number of piperazine rings is 1. The molecule has 0 aromatic heterocycles. The minimum absolute atomic E-state index is 0.0485. The Morgan fingerprint density at radius 1 is 1.09 bits per heavy atom. The summed E-state index contributed by atoms with van der Waals surface area (Å²) in [6.07, 6.45) is 7.66. The lowest BCUT2D eigenvalue weighted by molar-refractivity contribution is -0.140. The number of carbonyl (C=O) groups is 1. The number of amides is 1. The first-order valence-electron chi connectivity index (χ1n) is 9.44. The molecule has 2 heterocycles. The fraction of sp³-hybridized carbons (Fsp3) is 0.944. The summed E-state index contributed by atoms with van der Waals surface area (Å²) in [5.74, 6) is 0.505. The molecular formula is C18H33N3O2. The fourth-order valence-corrected chi connectivity index (χ4v) is 5.10. The number of nitrogens with two attached hydrogens (primary N) is 1. The number of hydrogen-bond donors (Lipinski definition) is 1. The first-order valence-corrected chi connectivity index (χ1v) is 9.44. The van der Waals surface area contributed by atoms with Crippen molar-refractivity contribution < 1.29 is 9.53 Å². The Balaban J connectivity index is 1.87. The van der Waals surface area contributed by atoms with Gasteiger partial charge < -0.3 is 15.4 Å². The van der Waals surface area contributed by atoms with Crippen LogP contribution in [-0.2, 0) is 9.53 Å². The van der Waals surface area contributed by atoms with E-state index in [1.54, 1.807) is 0 Å². The van der Waals surface area contributed by atoms with E-state index < -0.39 is 0 Å². The predicted octanol–water partition coefficient (Wildman–Crippen LogP) is 1.46. The van der Waals surface area contributed by atoms with E-state index in [2.05, 4.69) is 16.8 Å². The van der Waals surface area contributed by atoms with Gasteiger partial charge in [-0.2, -0.15) is 0 Å². The molecule has 1 unspecified atom stereocenters. The number of ether oxygens (including phenoxy) is 1. The van der Waals surface area contributed by atoms with E-state index in [0.717, 1.165) is 77.9 Å². The first kappa shape index (κ1) is 17.2. The van der Waals surface area contributed by atoms with Crippen molar-refractivity contribution >= 4 is 5.91 Å². The molecule has 3 aliphatic rings. The Bertz CT molecular complexity index is 395. The van der Waals surface area contributed by atoms with Crippen LogP contribution in [0.1, 0.15) is 44.9 Å². The molecular weight excluding hydrogens is 290 g/mol. The summed E-state index contributed by atoms with van der Waals surface area (Å²) in [5.41, 5.74) is 5.73. The van der Waals surface area contributed by atoms with Gasteiger partial charge in [-0.1, -0.05) is 19.3 Å². The van der Waals surface area contributed by atoms with Crippen molar-refractivity contribution in [2.75, 3.05) is 46.4 Å². The van der Waals surface area contributed by atoms with Gasteiger partial charge in [-0.05, 0) is 38.6 Å². The Morgan fingerprint density at radius 2 is 1.70 bits per heavy atom. The van der Waals surface area contributed by atoms with E-state index in [-0.39, 0.29) is 11.3 Å². The Hall–Kier alpha value is -0.650. The molecule has 2 saturated heterocycles. The number of rotatable bonds is 4. The maximum atomic E-state index is 12.6. The SMILES string of the molecule is CN1CCN(C(C2CCOCC2)C2(C(N)=O)CCCCC2)CC1. The fourth-order valence-electron chi connectivity index (χ4n) is 5.10. The Morgan fingerprint density at radius 3 is 2.26 bits per heavy atom. The van der Waals surface area contributed by atoms with Crippen LogP contribution in [0.4, 0.5) is 0 Å². The van der Waals surface area contributed by atoms with E-state index in [4.69, 9.17) is 10.5 Å². The van der Waals surface area contributed by atoms with Gasteiger partial charge in [-0.25, -0.2) is 0 Å². The highest BCUT2D eigenvalue weighted by atomic mass is 16.5. The quantitative estimate of drug-likeness (QED) is 0.851. The van der Waals surface area contributed by atoms with Gasteiger partial charge >= 0.3 is 0 Å². The van der Waals surface area contributed by atoms with Crippen molar-refractivity contribution in [2.24, 2.45) is 17.1 Å². The van der Waals surface area contributed by atoms with Crippen LogP contribution in [0.2, 0.25) is 0 Å². The summed E-state index contributed by atoms with van der Waals surface area (Å²) in [6.45, 7) is 5.98. The van der Waals surface area contributed by atoms with Crippen LogP contribution in [0.25, 0.3) is 0 Å². The number of carbonyl (C=O) groups excluding carboxylic acids is 1. The molecule has 23 heavy (non-hydrogen) atoms. The molecule has 2 aliphatic heterocycles. The Labute approximate surface area is 140 Å². The molecule has 0 aromatic rings. The van der Waals surface area contributed by atoms with E-state index in [1.807, 2.05) is 0 Å². The monoisotopic (exact) mass is 323 g/mol. The summed E-state index contributed by atoms with van der Waals surface area (Å²) in [6, 6.07) is 0.317. The van der Waals surface area contributed by atoms with Crippen LogP contribution in [0.3, 0.4) is 0 Å². The predicted molar refractivity (Wildman–Crippen MR) is 91.1 cm³/mol. The van der Waals surface area contributed by atoms with Gasteiger partial charge in [-0.15, -0.1) is 0 Å². The average molecular weight is 323 g/mol. The summed E-state index contributed by atoms with van der Waals surface area (Å²) < 4.78 is 5.59. The molecule has 132 valence electrons. The first-order chi connectivity index (χ1) is 11.1. The van der Waals surface area contributed by atoms with Gasteiger partial charge in [0.1, 0.15) is 0 Å². The second-order valence-corrected chi connectivity index (χ2v) is 7.81. The molecule has 1 saturated carbocycles. The van der Waals surface area contributed by atoms with Crippen LogP contribution >= 0.6 is 0 Å². The van der Waals surface area contributed by atoms with Crippen molar-refractivity contribution in [3.8, 4) is 0 Å². The second kappa shape index (κ2) is 7.49. The molecule has 5 nitrogen and oxygen atoms in total. The van der Waals surface area contributed by atoms with Gasteiger partial charge in [0.2, 0.25) is 5.91 Å². The van der Waals surface area contributed by atoms with Crippen LogP contribution in [-0.4, -0.2) is 68.2 Å². The third-order valence-corrected chi connectivity index (χ3v) is 6.45. The number of nitrogens with zero attached hydrogens (tertiary/aromatic N) is 2. The summed E-state index contributed by atoms with van der Waals surface area (Å²) in [7, 11) is 2.19. The minimum atomic E-state index is -0.309. The normalized spacial score (nSPS) is 29.3. The van der Waals surface area contributed by atoms with Crippen molar-refractivity contribution in [1.82, 2.24) is 9.80 Å². The average Bonchev–Trinajstić information content (AvgIpc) is 2.58. The number of hydrogen-bond acceptors (Lipinski definition) is 4. The zero-order valence-electron chi connectivity index (χ0n) is 14.6. The molecule has 3 fully saturated rings. The van der Waals surface area contributed by atoms with Crippen LogP contribution in [0.5, 0.6) is 0 Å². The van der Waals surface area contributed by atoms with Crippen LogP contribution in [0.15, 0.2) is 0 Å². The lowest BCUT2D eigenvalue weighted by atomic mass is 9.63. The zero-order chi connectivity index (χ0) is 16.3. The lowest BCUT2D eigenvalue weighted by Crippen LogP contribution is -2.62. The van der Waals surface area contributed by atoms with E-state index >= 15 is 0 Å². The van der Waals surface area contributed by atoms with Gasteiger partial charge in [-0.3, -0.25) is 9.69 Å². The zero-order valence-corrected chi connectivity index (χ0v) is 14.6. The molecule has 1 amide bonds. The van der Waals surface area contributed by atoms with Gasteiger partial charge in [0, 0.05) is 45.4 Å². The maximum Gasteiger partial charge on any atom is 0.225 e. The molecule has 0 spiro atoms. The maximum absolute atomic E-state index is 12.6. The number of likely N-dealkylation sites (N-methyl/N-ethyl adjacent to an activating group) is 1. The third kappa shape index (κ3) is 3.57. The smallest absolute Gasteiger partial charge is 0.225 e. The molecule has 0 bridgehead atoms. The third-order valence-electron chi connectivity index (χ3n) is 6.45. The van der Waals surface area contributed by atoms with Crippen molar-refractivity contribution in [3.63, 3.8) is 0 Å². The van der Waals surface area contributed by atoms with E-state index in [9.17, 15) is 4.79 Å². The molecule has 0 radical (unpaired) electrons. The molecule has 2 N–H and O–H groups in total. The second-order valence-electron chi connectivity index (χ2n) is 7.81. The van der Waals surface area contributed by atoms with Crippen molar-refractivity contribution in [3.05, 3.63) is 0 Å². The van der Waals surface area contributed by atoms with E-state index in [1.165, 1.54) is 6.42 Å². The lowest BCUT2D eigenvalue weighted by Gasteiger charge is -2.52. The molecule has 0 aromatic carbocycles. The van der Waals surface area contributed by atoms with Crippen molar-refractivity contribution in [2.45, 2.75) is 51.0 Å². The van der Waals surface area contributed by atoms with Gasteiger partial charge in [0.05, 0.1) is 5.41 Å². The van der Waals surface area contributed by atoms with Gasteiger partial charge in [0.15, 0.2) is 0 Å². The topological polar surface area (TPSA) is 58.8 Å². The number of primary amides is 1. The summed E-state index contributed by atoms with van der Waals surface area (Å²) in [4.78, 5) is 17.6. The van der Waals surface area contributed by atoms with Crippen molar-refractivity contribution in [1.29, 1.82) is 0 Å². The summed E-state index contributed by atoms with van der Waals surface area (Å²) in [5, 5.41) is 0. The standard InChI is InChI=1S/C18H33N3O2/c1-20-9-11-21(12-10-20)16(15-5-13-23-14-6-15)18(17(19)22)7-3-2-4-8-18/h15-16H,2-14H2,1H3,(H2,19,22). The van der Waals surface area contributed by atoms with E-state index in [0.29, 0.717) is 12.0 Å². The molecule has 1 aliphatic carbocycles. The molecule has 5 heteroatoms. The minimum Gasteiger partial charge on any atom is -0.381 e. The Kier molecular flexibility index (Phi) is 5.60. The highest BCUT2D eigenvalue weighted by Gasteiger charge is 2.50. The van der Waals surface area contributed by atoms with Crippen LogP contribution < -0.4 is 5.73 Å². The van der Waals surface area contributed by atoms with Gasteiger partial charge in [0.25, 0.3) is 0 Å². The highest BCUT2D eigenvalue weighted by molar-refractivity contribution is 5.82. The molecule has 1 atom stereocenters.